The minimum Gasteiger partial charge on any atom is -0.399 e. The Morgan fingerprint density at radius 3 is 2.26 bits per heavy atom. The zero-order valence-electron chi connectivity index (χ0n) is 11.9. The molecule has 1 rings (SSSR count). The minimum absolute atomic E-state index is 0.123. The number of rotatable bonds is 3. The van der Waals surface area contributed by atoms with Crippen LogP contribution in [-0.2, 0) is 10.0 Å². The SMILES string of the molecule is CC(N(C)S(=O)(=O)c1ccc(N)cc1Br)C(C)(C)C. The van der Waals surface area contributed by atoms with Crippen molar-refractivity contribution >= 4 is 31.6 Å². The van der Waals surface area contributed by atoms with Crippen molar-refractivity contribution < 1.29 is 8.42 Å². The number of hydrogen-bond donors (Lipinski definition) is 1. The second-order valence-corrected chi connectivity index (χ2v) is 8.57. The van der Waals surface area contributed by atoms with Crippen LogP contribution in [0, 0.1) is 5.41 Å². The predicted octanol–water partition coefficient (Wildman–Crippen LogP) is 3.09. The fourth-order valence-corrected chi connectivity index (χ4v) is 4.23. The molecule has 0 fully saturated rings. The summed E-state index contributed by atoms with van der Waals surface area (Å²) in [5, 5.41) is 0. The Morgan fingerprint density at radius 2 is 1.84 bits per heavy atom. The average Bonchev–Trinajstić information content (AvgIpc) is 2.25. The Kier molecular flexibility index (Phi) is 4.70. The second-order valence-electron chi connectivity index (χ2n) is 5.75. The molecule has 2 N–H and O–H groups in total. The van der Waals surface area contributed by atoms with Crippen molar-refractivity contribution in [2.45, 2.75) is 38.6 Å². The number of benzene rings is 1. The van der Waals surface area contributed by atoms with Gasteiger partial charge in [0.2, 0.25) is 10.0 Å². The van der Waals surface area contributed by atoms with Gasteiger partial charge >= 0.3 is 0 Å². The fraction of sp³-hybridized carbons (Fsp3) is 0.538. The molecule has 0 aromatic heterocycles. The smallest absolute Gasteiger partial charge is 0.244 e. The number of nitrogen functional groups attached to an aromatic ring is 1. The van der Waals surface area contributed by atoms with E-state index in [-0.39, 0.29) is 16.4 Å². The molecular formula is C13H21BrN2O2S. The number of sulfonamides is 1. The second kappa shape index (κ2) is 5.42. The van der Waals surface area contributed by atoms with E-state index in [9.17, 15) is 8.42 Å². The van der Waals surface area contributed by atoms with Crippen molar-refractivity contribution in [1.29, 1.82) is 0 Å². The van der Waals surface area contributed by atoms with Crippen LogP contribution in [0.3, 0.4) is 0 Å². The van der Waals surface area contributed by atoms with Gasteiger partial charge in [-0.05, 0) is 46.5 Å². The number of anilines is 1. The van der Waals surface area contributed by atoms with Crippen LogP contribution < -0.4 is 5.73 Å². The summed E-state index contributed by atoms with van der Waals surface area (Å²) in [4.78, 5) is 0.236. The maximum atomic E-state index is 12.6. The number of halogens is 1. The summed E-state index contributed by atoms with van der Waals surface area (Å²) in [6, 6.07) is 4.60. The van der Waals surface area contributed by atoms with Crippen LogP contribution in [0.15, 0.2) is 27.6 Å². The molecule has 0 radical (unpaired) electrons. The summed E-state index contributed by atoms with van der Waals surface area (Å²) in [6.07, 6.45) is 0. The van der Waals surface area contributed by atoms with E-state index in [0.29, 0.717) is 10.2 Å². The maximum Gasteiger partial charge on any atom is 0.244 e. The highest BCUT2D eigenvalue weighted by molar-refractivity contribution is 9.10. The molecule has 19 heavy (non-hydrogen) atoms. The van der Waals surface area contributed by atoms with Crippen molar-refractivity contribution in [3.8, 4) is 0 Å². The summed E-state index contributed by atoms with van der Waals surface area (Å²) in [5.41, 5.74) is 6.03. The van der Waals surface area contributed by atoms with Crippen molar-refractivity contribution in [3.63, 3.8) is 0 Å². The van der Waals surface area contributed by atoms with Crippen LogP contribution in [0.4, 0.5) is 5.69 Å². The standard InChI is InChI=1S/C13H21BrN2O2S/c1-9(13(2,3)4)16(5)19(17,18)12-7-6-10(15)8-11(12)14/h6-9H,15H2,1-5H3. The molecule has 0 heterocycles. The molecule has 1 aromatic carbocycles. The Balaban J connectivity index is 3.24. The molecule has 0 amide bonds. The molecule has 0 saturated carbocycles. The zero-order chi connectivity index (χ0) is 15.0. The molecule has 0 aliphatic heterocycles. The molecule has 0 aliphatic carbocycles. The van der Waals surface area contributed by atoms with Crippen LogP contribution in [0.1, 0.15) is 27.7 Å². The lowest BCUT2D eigenvalue weighted by atomic mass is 9.88. The first-order chi connectivity index (χ1) is 8.48. The normalized spacial score (nSPS) is 14.7. The van der Waals surface area contributed by atoms with Gasteiger partial charge in [0.1, 0.15) is 0 Å². The third-order valence-electron chi connectivity index (χ3n) is 3.41. The fourth-order valence-electron chi connectivity index (χ4n) is 1.63. The Hall–Kier alpha value is -0.590. The van der Waals surface area contributed by atoms with Gasteiger partial charge < -0.3 is 5.73 Å². The van der Waals surface area contributed by atoms with Gasteiger partial charge in [0.25, 0.3) is 0 Å². The first kappa shape index (κ1) is 16.5. The quantitative estimate of drug-likeness (QED) is 0.853. The van der Waals surface area contributed by atoms with Crippen molar-refractivity contribution in [1.82, 2.24) is 4.31 Å². The van der Waals surface area contributed by atoms with Gasteiger partial charge in [-0.3, -0.25) is 0 Å². The highest BCUT2D eigenvalue weighted by Crippen LogP contribution is 2.31. The summed E-state index contributed by atoms with van der Waals surface area (Å²) in [5.74, 6) is 0. The Morgan fingerprint density at radius 1 is 1.32 bits per heavy atom. The van der Waals surface area contributed by atoms with Gasteiger partial charge in [0, 0.05) is 23.2 Å². The van der Waals surface area contributed by atoms with Gasteiger partial charge in [-0.2, -0.15) is 4.31 Å². The average molecular weight is 349 g/mol. The van der Waals surface area contributed by atoms with Crippen LogP contribution >= 0.6 is 15.9 Å². The topological polar surface area (TPSA) is 63.4 Å². The maximum absolute atomic E-state index is 12.6. The number of hydrogen-bond acceptors (Lipinski definition) is 3. The van der Waals surface area contributed by atoms with Crippen molar-refractivity contribution in [3.05, 3.63) is 22.7 Å². The monoisotopic (exact) mass is 348 g/mol. The summed E-state index contributed by atoms with van der Waals surface area (Å²) < 4.78 is 27.1. The number of nitrogens with zero attached hydrogens (tertiary/aromatic N) is 1. The highest BCUT2D eigenvalue weighted by atomic mass is 79.9. The van der Waals surface area contributed by atoms with Crippen LogP contribution in [0.2, 0.25) is 0 Å². The van der Waals surface area contributed by atoms with E-state index in [0.717, 1.165) is 0 Å². The minimum atomic E-state index is -3.54. The molecule has 0 spiro atoms. The lowest BCUT2D eigenvalue weighted by molar-refractivity contribution is 0.216. The molecule has 1 atom stereocenters. The molecule has 108 valence electrons. The third kappa shape index (κ3) is 3.49. The van der Waals surface area contributed by atoms with Crippen molar-refractivity contribution in [2.75, 3.05) is 12.8 Å². The van der Waals surface area contributed by atoms with E-state index in [1.807, 2.05) is 27.7 Å². The molecule has 1 aromatic rings. The molecule has 0 aliphatic rings. The Labute approximate surface area is 124 Å². The van der Waals surface area contributed by atoms with E-state index < -0.39 is 10.0 Å². The van der Waals surface area contributed by atoms with E-state index >= 15 is 0 Å². The Bertz CT molecular complexity index is 564. The van der Waals surface area contributed by atoms with E-state index in [1.165, 1.54) is 10.4 Å². The van der Waals surface area contributed by atoms with Crippen LogP contribution in [0.25, 0.3) is 0 Å². The van der Waals surface area contributed by atoms with Gasteiger partial charge in [-0.25, -0.2) is 8.42 Å². The van der Waals surface area contributed by atoms with E-state index in [1.54, 1.807) is 19.2 Å². The van der Waals surface area contributed by atoms with Crippen molar-refractivity contribution in [2.24, 2.45) is 5.41 Å². The summed E-state index contributed by atoms with van der Waals surface area (Å²) in [7, 11) is -1.93. The summed E-state index contributed by atoms with van der Waals surface area (Å²) in [6.45, 7) is 7.95. The molecule has 1 unspecified atom stereocenters. The van der Waals surface area contributed by atoms with E-state index in [2.05, 4.69) is 15.9 Å². The predicted molar refractivity (Wildman–Crippen MR) is 82.4 cm³/mol. The van der Waals surface area contributed by atoms with Gasteiger partial charge in [-0.1, -0.05) is 20.8 Å². The highest BCUT2D eigenvalue weighted by Gasteiger charge is 2.33. The van der Waals surface area contributed by atoms with Gasteiger partial charge in [0.15, 0.2) is 0 Å². The molecular weight excluding hydrogens is 328 g/mol. The summed E-state index contributed by atoms with van der Waals surface area (Å²) >= 11 is 3.26. The lowest BCUT2D eigenvalue weighted by Gasteiger charge is -2.34. The zero-order valence-corrected chi connectivity index (χ0v) is 14.3. The lowest BCUT2D eigenvalue weighted by Crippen LogP contribution is -2.42. The third-order valence-corrected chi connectivity index (χ3v) is 6.32. The molecule has 4 nitrogen and oxygen atoms in total. The van der Waals surface area contributed by atoms with E-state index in [4.69, 9.17) is 5.73 Å². The molecule has 6 heteroatoms. The molecule has 0 bridgehead atoms. The largest absolute Gasteiger partial charge is 0.399 e. The first-order valence-corrected chi connectivity index (χ1v) is 8.24. The van der Waals surface area contributed by atoms with Crippen LogP contribution in [0.5, 0.6) is 0 Å². The number of nitrogens with two attached hydrogens (primary N) is 1. The van der Waals surface area contributed by atoms with Gasteiger partial charge in [0.05, 0.1) is 4.90 Å². The van der Waals surface area contributed by atoms with Crippen LogP contribution in [-0.4, -0.2) is 25.8 Å². The molecule has 0 saturated heterocycles. The first-order valence-electron chi connectivity index (χ1n) is 6.01. The van der Waals surface area contributed by atoms with Gasteiger partial charge in [-0.15, -0.1) is 0 Å².